The number of nitrogens with zero attached hydrogens (tertiary/aromatic N) is 1. The van der Waals surface area contributed by atoms with Crippen LogP contribution in [-0.4, -0.2) is 19.4 Å². The van der Waals surface area contributed by atoms with Gasteiger partial charge < -0.3 is 4.42 Å². The van der Waals surface area contributed by atoms with Gasteiger partial charge >= 0.3 is 0 Å². The van der Waals surface area contributed by atoms with E-state index in [0.29, 0.717) is 15.9 Å². The van der Waals surface area contributed by atoms with Crippen molar-refractivity contribution < 1.29 is 12.8 Å². The lowest BCUT2D eigenvalue weighted by Crippen LogP contribution is -2.34. The van der Waals surface area contributed by atoms with Gasteiger partial charge in [0.15, 0.2) is 11.7 Å². The quantitative estimate of drug-likeness (QED) is 0.897. The van der Waals surface area contributed by atoms with Crippen molar-refractivity contribution in [1.29, 1.82) is 0 Å². The van der Waals surface area contributed by atoms with E-state index in [2.05, 4.69) is 9.71 Å². The fourth-order valence-corrected chi connectivity index (χ4v) is 5.50. The smallest absolute Gasteiger partial charge is 0.250 e. The van der Waals surface area contributed by atoms with Gasteiger partial charge in [-0.2, -0.15) is 0 Å². The molecule has 126 valence electrons. The van der Waals surface area contributed by atoms with Crippen molar-refractivity contribution in [2.24, 2.45) is 0 Å². The Morgan fingerprint density at radius 2 is 1.87 bits per heavy atom. The molecule has 1 fully saturated rings. The normalized spacial score (nSPS) is 17.8. The van der Waals surface area contributed by atoms with Crippen molar-refractivity contribution in [3.05, 3.63) is 24.2 Å². The summed E-state index contributed by atoms with van der Waals surface area (Å²) < 4.78 is 33.9. The lowest BCUT2D eigenvalue weighted by Gasteiger charge is -2.20. The predicted octanol–water partition coefficient (Wildman–Crippen LogP) is 4.10. The van der Waals surface area contributed by atoms with E-state index in [-0.39, 0.29) is 6.04 Å². The van der Waals surface area contributed by atoms with Gasteiger partial charge in [-0.3, -0.25) is 0 Å². The number of hydrogen-bond acceptors (Lipinski definition) is 5. The number of nitrogens with one attached hydrogen (secondary N) is 1. The Bertz CT molecular complexity index is 741. The molecule has 1 N–H and O–H groups in total. The van der Waals surface area contributed by atoms with Crippen molar-refractivity contribution in [2.45, 2.75) is 62.1 Å². The fraction of sp³-hybridized carbons (Fsp3) is 0.562. The number of sulfonamides is 1. The van der Waals surface area contributed by atoms with Crippen molar-refractivity contribution in [3.8, 4) is 10.6 Å². The molecule has 0 radical (unpaired) electrons. The monoisotopic (exact) mass is 354 g/mol. The minimum Gasteiger partial charge on any atom is -0.440 e. The van der Waals surface area contributed by atoms with Crippen molar-refractivity contribution in [1.82, 2.24) is 9.71 Å². The summed E-state index contributed by atoms with van der Waals surface area (Å²) in [6.07, 6.45) is 9.35. The molecule has 1 aliphatic carbocycles. The molecule has 0 aromatic carbocycles. The summed E-state index contributed by atoms with van der Waals surface area (Å²) in [5, 5.41) is 0. The average molecular weight is 354 g/mol. The van der Waals surface area contributed by atoms with Gasteiger partial charge in [0.25, 0.3) is 0 Å². The SMILES string of the molecule is Cc1ncc(-c2ccc(S(=O)(=O)NC3CCCCCCC3)s2)o1. The van der Waals surface area contributed by atoms with Gasteiger partial charge in [-0.1, -0.05) is 32.1 Å². The van der Waals surface area contributed by atoms with E-state index in [9.17, 15) is 8.42 Å². The molecule has 2 heterocycles. The van der Waals surface area contributed by atoms with E-state index in [1.807, 2.05) is 0 Å². The van der Waals surface area contributed by atoms with Crippen LogP contribution in [0.4, 0.5) is 0 Å². The molecule has 1 saturated carbocycles. The van der Waals surface area contributed by atoms with Crippen molar-refractivity contribution >= 4 is 21.4 Å². The highest BCUT2D eigenvalue weighted by Gasteiger charge is 2.23. The molecule has 0 saturated heterocycles. The second kappa shape index (κ2) is 7.15. The highest BCUT2D eigenvalue weighted by Crippen LogP contribution is 2.31. The summed E-state index contributed by atoms with van der Waals surface area (Å²) in [4.78, 5) is 4.83. The van der Waals surface area contributed by atoms with E-state index in [0.717, 1.165) is 30.6 Å². The maximum absolute atomic E-state index is 12.6. The summed E-state index contributed by atoms with van der Waals surface area (Å²) in [6.45, 7) is 1.77. The van der Waals surface area contributed by atoms with E-state index in [4.69, 9.17) is 4.42 Å². The Kier molecular flexibility index (Phi) is 5.18. The highest BCUT2D eigenvalue weighted by atomic mass is 32.2. The predicted molar refractivity (Wildman–Crippen MR) is 91.0 cm³/mol. The minimum absolute atomic E-state index is 0.0540. The van der Waals surface area contributed by atoms with Crippen LogP contribution in [0.1, 0.15) is 50.8 Å². The molecule has 0 amide bonds. The molecule has 3 rings (SSSR count). The van der Waals surface area contributed by atoms with Crippen LogP contribution in [0.2, 0.25) is 0 Å². The average Bonchev–Trinajstić information content (AvgIpc) is 3.10. The summed E-state index contributed by atoms with van der Waals surface area (Å²) in [7, 11) is -3.46. The van der Waals surface area contributed by atoms with Crippen LogP contribution in [0.3, 0.4) is 0 Å². The van der Waals surface area contributed by atoms with Gasteiger partial charge in [0, 0.05) is 13.0 Å². The van der Waals surface area contributed by atoms with Crippen molar-refractivity contribution in [3.63, 3.8) is 0 Å². The van der Waals surface area contributed by atoms with Crippen LogP contribution in [0.5, 0.6) is 0 Å². The number of thiophene rings is 1. The van der Waals surface area contributed by atoms with E-state index >= 15 is 0 Å². The second-order valence-corrected chi connectivity index (χ2v) is 9.05. The lowest BCUT2D eigenvalue weighted by molar-refractivity contribution is 0.427. The van der Waals surface area contributed by atoms with Crippen LogP contribution in [0.15, 0.2) is 27.0 Å². The molecule has 0 aliphatic heterocycles. The Balaban J connectivity index is 1.73. The molecule has 23 heavy (non-hydrogen) atoms. The summed E-state index contributed by atoms with van der Waals surface area (Å²) >= 11 is 1.22. The zero-order valence-electron chi connectivity index (χ0n) is 13.2. The molecule has 5 nitrogen and oxygen atoms in total. The van der Waals surface area contributed by atoms with Crippen LogP contribution < -0.4 is 4.72 Å². The van der Waals surface area contributed by atoms with E-state index in [1.165, 1.54) is 30.6 Å². The maximum Gasteiger partial charge on any atom is 0.250 e. The third-order valence-electron chi connectivity index (χ3n) is 4.14. The zero-order chi connectivity index (χ0) is 16.3. The van der Waals surface area contributed by atoms with Gasteiger partial charge in [-0.05, 0) is 25.0 Å². The molecular formula is C16H22N2O3S2. The third kappa shape index (κ3) is 4.22. The van der Waals surface area contributed by atoms with Crippen LogP contribution in [0, 0.1) is 6.92 Å². The molecule has 0 spiro atoms. The first-order valence-electron chi connectivity index (χ1n) is 8.09. The van der Waals surface area contributed by atoms with Gasteiger partial charge in [0.1, 0.15) is 4.21 Å². The summed E-state index contributed by atoms with van der Waals surface area (Å²) in [6, 6.07) is 3.47. The minimum atomic E-state index is -3.46. The topological polar surface area (TPSA) is 72.2 Å². The molecule has 0 bridgehead atoms. The molecule has 0 atom stereocenters. The van der Waals surface area contributed by atoms with Gasteiger partial charge in [0.05, 0.1) is 11.1 Å². The molecule has 0 unspecified atom stereocenters. The third-order valence-corrected chi connectivity index (χ3v) is 7.25. The molecular weight excluding hydrogens is 332 g/mol. The Labute approximate surface area is 141 Å². The van der Waals surface area contributed by atoms with Crippen LogP contribution in [-0.2, 0) is 10.0 Å². The summed E-state index contributed by atoms with van der Waals surface area (Å²) in [5.74, 6) is 1.19. The first kappa shape index (κ1) is 16.7. The number of aromatic nitrogens is 1. The number of aryl methyl sites for hydroxylation is 1. The maximum atomic E-state index is 12.6. The highest BCUT2D eigenvalue weighted by molar-refractivity contribution is 7.91. The van der Waals surface area contributed by atoms with Crippen molar-refractivity contribution in [2.75, 3.05) is 0 Å². The largest absolute Gasteiger partial charge is 0.440 e. The Morgan fingerprint density at radius 1 is 1.17 bits per heavy atom. The van der Waals surface area contributed by atoms with E-state index in [1.54, 1.807) is 25.3 Å². The molecule has 7 heteroatoms. The number of rotatable bonds is 4. The molecule has 1 aliphatic rings. The molecule has 2 aromatic heterocycles. The van der Waals surface area contributed by atoms with Gasteiger partial charge in [0.2, 0.25) is 10.0 Å². The lowest BCUT2D eigenvalue weighted by atomic mass is 9.97. The van der Waals surface area contributed by atoms with Crippen LogP contribution >= 0.6 is 11.3 Å². The van der Waals surface area contributed by atoms with Gasteiger partial charge in [-0.15, -0.1) is 11.3 Å². The first-order valence-corrected chi connectivity index (χ1v) is 10.4. The van der Waals surface area contributed by atoms with Crippen LogP contribution in [0.25, 0.3) is 10.6 Å². The zero-order valence-corrected chi connectivity index (χ0v) is 14.9. The fourth-order valence-electron chi connectivity index (χ4n) is 2.92. The summed E-state index contributed by atoms with van der Waals surface area (Å²) in [5.41, 5.74) is 0. The standard InChI is InChI=1S/C16H22N2O3S2/c1-12-17-11-14(21-12)15-9-10-16(22-15)23(19,20)18-13-7-5-3-2-4-6-8-13/h9-11,13,18H,2-8H2,1H3. The first-order chi connectivity index (χ1) is 11.0. The number of hydrogen-bond donors (Lipinski definition) is 1. The Morgan fingerprint density at radius 3 is 2.52 bits per heavy atom. The van der Waals surface area contributed by atoms with E-state index < -0.39 is 10.0 Å². The molecule has 2 aromatic rings. The Hall–Kier alpha value is -1.18. The number of oxazole rings is 1. The second-order valence-electron chi connectivity index (χ2n) is 6.03. The van der Waals surface area contributed by atoms with Gasteiger partial charge in [-0.25, -0.2) is 18.1 Å².